The van der Waals surface area contributed by atoms with Crippen LogP contribution in [0.1, 0.15) is 33.8 Å². The van der Waals surface area contributed by atoms with Crippen molar-refractivity contribution in [1.82, 2.24) is 5.32 Å². The number of halogens is 2. The first kappa shape index (κ1) is 18.5. The minimum absolute atomic E-state index is 0.172. The fourth-order valence-corrected chi connectivity index (χ4v) is 3.54. The van der Waals surface area contributed by atoms with E-state index in [-0.39, 0.29) is 11.8 Å². The molecular formula is C22H19Cl2NO. The van der Waals surface area contributed by atoms with E-state index in [0.717, 1.165) is 6.42 Å². The SMILES string of the molecule is O=C(NCCC(c1ccccc1)c1ccccc1)c1cc(Cl)cc(Cl)c1. The molecule has 0 heterocycles. The van der Waals surface area contributed by atoms with Gasteiger partial charge in [-0.1, -0.05) is 83.9 Å². The van der Waals surface area contributed by atoms with Crippen LogP contribution < -0.4 is 5.32 Å². The maximum absolute atomic E-state index is 12.4. The molecule has 0 saturated heterocycles. The second-order valence-electron chi connectivity index (χ2n) is 6.08. The van der Waals surface area contributed by atoms with Crippen molar-refractivity contribution < 1.29 is 4.79 Å². The summed E-state index contributed by atoms with van der Waals surface area (Å²) in [7, 11) is 0. The summed E-state index contributed by atoms with van der Waals surface area (Å²) in [4.78, 5) is 12.4. The van der Waals surface area contributed by atoms with Gasteiger partial charge in [-0.05, 0) is 35.7 Å². The molecule has 0 atom stereocenters. The Balaban J connectivity index is 1.69. The van der Waals surface area contributed by atoms with E-state index in [1.54, 1.807) is 18.2 Å². The molecule has 3 rings (SSSR count). The number of carbonyl (C=O) groups excluding carboxylic acids is 1. The van der Waals surface area contributed by atoms with E-state index in [1.807, 2.05) is 36.4 Å². The molecule has 0 spiro atoms. The fraction of sp³-hybridized carbons (Fsp3) is 0.136. The van der Waals surface area contributed by atoms with Crippen LogP contribution in [0.25, 0.3) is 0 Å². The molecule has 0 aliphatic rings. The van der Waals surface area contributed by atoms with Crippen molar-refractivity contribution in [3.8, 4) is 0 Å². The largest absolute Gasteiger partial charge is 0.352 e. The fourth-order valence-electron chi connectivity index (χ4n) is 3.01. The Morgan fingerprint density at radius 2 is 1.31 bits per heavy atom. The first-order valence-electron chi connectivity index (χ1n) is 8.47. The molecule has 0 radical (unpaired) electrons. The molecule has 0 aromatic heterocycles. The number of benzene rings is 3. The minimum Gasteiger partial charge on any atom is -0.352 e. The van der Waals surface area contributed by atoms with Gasteiger partial charge >= 0.3 is 0 Å². The molecule has 0 unspecified atom stereocenters. The summed E-state index contributed by atoms with van der Waals surface area (Å²) >= 11 is 11.9. The van der Waals surface area contributed by atoms with E-state index < -0.39 is 0 Å². The Hall–Kier alpha value is -2.29. The molecule has 0 aliphatic carbocycles. The number of nitrogens with one attached hydrogen (secondary N) is 1. The van der Waals surface area contributed by atoms with E-state index in [4.69, 9.17) is 23.2 Å². The number of hydrogen-bond donors (Lipinski definition) is 1. The third-order valence-corrected chi connectivity index (χ3v) is 4.68. The average Bonchev–Trinajstić information content (AvgIpc) is 2.65. The first-order chi connectivity index (χ1) is 12.6. The summed E-state index contributed by atoms with van der Waals surface area (Å²) in [6, 6.07) is 25.5. The summed E-state index contributed by atoms with van der Waals surface area (Å²) in [5, 5.41) is 3.87. The van der Waals surface area contributed by atoms with Crippen LogP contribution in [0, 0.1) is 0 Å². The summed E-state index contributed by atoms with van der Waals surface area (Å²) in [5.74, 6) is 0.0509. The molecule has 132 valence electrons. The van der Waals surface area contributed by atoms with Crippen molar-refractivity contribution in [2.24, 2.45) is 0 Å². The molecule has 3 aromatic rings. The highest BCUT2D eigenvalue weighted by Crippen LogP contribution is 2.27. The van der Waals surface area contributed by atoms with Crippen LogP contribution in [0.15, 0.2) is 78.9 Å². The molecule has 0 aliphatic heterocycles. The van der Waals surface area contributed by atoms with Crippen molar-refractivity contribution in [3.05, 3.63) is 106 Å². The van der Waals surface area contributed by atoms with E-state index in [1.165, 1.54) is 11.1 Å². The van der Waals surface area contributed by atoms with Gasteiger partial charge in [0.25, 0.3) is 5.91 Å². The number of rotatable bonds is 6. The molecule has 0 fully saturated rings. The standard InChI is InChI=1S/C22H19Cl2NO/c23-19-13-18(14-20(24)15-19)22(26)25-12-11-21(16-7-3-1-4-8-16)17-9-5-2-6-10-17/h1-10,13-15,21H,11-12H2,(H,25,26). The Bertz CT molecular complexity index is 806. The number of hydrogen-bond acceptors (Lipinski definition) is 1. The molecular weight excluding hydrogens is 365 g/mol. The van der Waals surface area contributed by atoms with E-state index in [2.05, 4.69) is 29.6 Å². The van der Waals surface area contributed by atoms with Crippen molar-refractivity contribution in [1.29, 1.82) is 0 Å². The summed E-state index contributed by atoms with van der Waals surface area (Å²) in [6.45, 7) is 0.553. The van der Waals surface area contributed by atoms with Crippen molar-refractivity contribution in [2.45, 2.75) is 12.3 Å². The monoisotopic (exact) mass is 383 g/mol. The number of carbonyl (C=O) groups is 1. The molecule has 26 heavy (non-hydrogen) atoms. The van der Waals surface area contributed by atoms with Crippen LogP contribution in [0.2, 0.25) is 10.0 Å². The second-order valence-corrected chi connectivity index (χ2v) is 6.95. The average molecular weight is 384 g/mol. The smallest absolute Gasteiger partial charge is 0.251 e. The Labute approximate surface area is 163 Å². The molecule has 3 aromatic carbocycles. The van der Waals surface area contributed by atoms with Gasteiger partial charge < -0.3 is 5.32 Å². The van der Waals surface area contributed by atoms with Gasteiger partial charge in [-0.2, -0.15) is 0 Å². The van der Waals surface area contributed by atoms with Crippen LogP contribution in [0.4, 0.5) is 0 Å². The van der Waals surface area contributed by atoms with Gasteiger partial charge in [0.05, 0.1) is 0 Å². The van der Waals surface area contributed by atoms with Crippen LogP contribution in [0.5, 0.6) is 0 Å². The topological polar surface area (TPSA) is 29.1 Å². The van der Waals surface area contributed by atoms with Gasteiger partial charge in [-0.25, -0.2) is 0 Å². The highest BCUT2D eigenvalue weighted by molar-refractivity contribution is 6.35. The van der Waals surface area contributed by atoms with Crippen LogP contribution in [0.3, 0.4) is 0 Å². The molecule has 0 bridgehead atoms. The van der Waals surface area contributed by atoms with Gasteiger partial charge in [-0.15, -0.1) is 0 Å². The first-order valence-corrected chi connectivity index (χ1v) is 9.23. The molecule has 0 saturated carbocycles. The van der Waals surface area contributed by atoms with Gasteiger partial charge in [0.15, 0.2) is 0 Å². The molecule has 1 N–H and O–H groups in total. The van der Waals surface area contributed by atoms with Gasteiger partial charge in [0.2, 0.25) is 0 Å². The lowest BCUT2D eigenvalue weighted by atomic mass is 9.88. The van der Waals surface area contributed by atoms with E-state index in [0.29, 0.717) is 22.2 Å². The summed E-state index contributed by atoms with van der Waals surface area (Å²) in [6.07, 6.45) is 0.800. The van der Waals surface area contributed by atoms with Crippen LogP contribution >= 0.6 is 23.2 Å². The third-order valence-electron chi connectivity index (χ3n) is 4.25. The lowest BCUT2D eigenvalue weighted by Crippen LogP contribution is -2.25. The zero-order valence-electron chi connectivity index (χ0n) is 14.2. The highest BCUT2D eigenvalue weighted by atomic mass is 35.5. The number of amides is 1. The summed E-state index contributed by atoms with van der Waals surface area (Å²) < 4.78 is 0. The van der Waals surface area contributed by atoms with E-state index in [9.17, 15) is 4.79 Å². The Morgan fingerprint density at radius 1 is 0.808 bits per heavy atom. The molecule has 1 amide bonds. The minimum atomic E-state index is -0.172. The zero-order valence-corrected chi connectivity index (χ0v) is 15.7. The van der Waals surface area contributed by atoms with Gasteiger partial charge in [0, 0.05) is 28.1 Å². The van der Waals surface area contributed by atoms with Crippen molar-refractivity contribution in [3.63, 3.8) is 0 Å². The highest BCUT2D eigenvalue weighted by Gasteiger charge is 2.15. The maximum Gasteiger partial charge on any atom is 0.251 e. The predicted octanol–water partition coefficient (Wildman–Crippen LogP) is 5.95. The quantitative estimate of drug-likeness (QED) is 0.559. The van der Waals surface area contributed by atoms with Gasteiger partial charge in [0.1, 0.15) is 0 Å². The van der Waals surface area contributed by atoms with Crippen LogP contribution in [-0.4, -0.2) is 12.5 Å². The maximum atomic E-state index is 12.4. The molecule has 4 heteroatoms. The van der Waals surface area contributed by atoms with Crippen molar-refractivity contribution >= 4 is 29.1 Å². The lowest BCUT2D eigenvalue weighted by molar-refractivity contribution is 0.0953. The van der Waals surface area contributed by atoms with Crippen molar-refractivity contribution in [2.75, 3.05) is 6.54 Å². The zero-order chi connectivity index (χ0) is 18.4. The normalized spacial score (nSPS) is 10.7. The second kappa shape index (κ2) is 8.88. The van der Waals surface area contributed by atoms with Crippen LogP contribution in [-0.2, 0) is 0 Å². The summed E-state index contributed by atoms with van der Waals surface area (Å²) in [5.41, 5.74) is 2.94. The molecule has 2 nitrogen and oxygen atoms in total. The van der Waals surface area contributed by atoms with E-state index >= 15 is 0 Å². The predicted molar refractivity (Wildman–Crippen MR) is 108 cm³/mol. The third kappa shape index (κ3) is 4.87. The van der Waals surface area contributed by atoms with Gasteiger partial charge in [-0.3, -0.25) is 4.79 Å². The Morgan fingerprint density at radius 3 is 1.81 bits per heavy atom. The lowest BCUT2D eigenvalue weighted by Gasteiger charge is -2.18. The Kier molecular flexibility index (Phi) is 6.32.